The number of aryl methyl sites for hydroxylation is 2. The van der Waals surface area contributed by atoms with Crippen LogP contribution in [0.25, 0.3) is 5.76 Å². The van der Waals surface area contributed by atoms with Crippen LogP contribution in [0.3, 0.4) is 0 Å². The normalized spacial score (nSPS) is 17.3. The lowest BCUT2D eigenvalue weighted by Crippen LogP contribution is -2.29. The number of benzene rings is 2. The number of hydrogen-bond donors (Lipinski definition) is 1. The van der Waals surface area contributed by atoms with E-state index in [1.165, 1.54) is 23.3 Å². The molecular formula is C26H24ClNO5S. The monoisotopic (exact) mass is 497 g/mol. The summed E-state index contributed by atoms with van der Waals surface area (Å²) in [5.41, 5.74) is 2.63. The van der Waals surface area contributed by atoms with E-state index in [4.69, 9.17) is 21.1 Å². The average molecular weight is 498 g/mol. The van der Waals surface area contributed by atoms with Crippen LogP contribution in [0.2, 0.25) is 5.02 Å². The number of rotatable bonds is 6. The standard InChI is InChI=1S/C26H24ClNO5S/c1-5-33-19-8-6-16(12-15(19)3)23(29)21-22(25-14(2)10-11-34-25)28(26(31)24(21)30)17-7-9-20(32-4)18(27)13-17/h6-13,22,29H,5H2,1-4H3/b23-21-. The zero-order chi connectivity index (χ0) is 24.6. The number of hydrogen-bond acceptors (Lipinski definition) is 6. The predicted molar refractivity (Wildman–Crippen MR) is 134 cm³/mol. The topological polar surface area (TPSA) is 76.1 Å². The van der Waals surface area contributed by atoms with Gasteiger partial charge >= 0.3 is 0 Å². The number of Topliss-reactive ketones (excluding diaryl/α,β-unsaturated/α-hetero) is 1. The summed E-state index contributed by atoms with van der Waals surface area (Å²) in [5.74, 6) is -0.574. The molecule has 2 heterocycles. The first-order valence-electron chi connectivity index (χ1n) is 10.7. The molecule has 0 bridgehead atoms. The predicted octanol–water partition coefficient (Wildman–Crippen LogP) is 6.05. The van der Waals surface area contributed by atoms with Gasteiger partial charge in [-0.05, 0) is 79.7 Å². The van der Waals surface area contributed by atoms with Crippen LogP contribution in [0.5, 0.6) is 11.5 Å². The molecule has 2 aromatic carbocycles. The Labute approximate surface area is 207 Å². The summed E-state index contributed by atoms with van der Waals surface area (Å²) in [7, 11) is 1.50. The van der Waals surface area contributed by atoms with Crippen molar-refractivity contribution in [2.75, 3.05) is 18.6 Å². The van der Waals surface area contributed by atoms with Gasteiger partial charge in [0.2, 0.25) is 0 Å². The van der Waals surface area contributed by atoms with Gasteiger partial charge in [0, 0.05) is 16.1 Å². The molecule has 1 saturated heterocycles. The maximum atomic E-state index is 13.3. The minimum atomic E-state index is -0.795. The van der Waals surface area contributed by atoms with Crippen molar-refractivity contribution in [1.29, 1.82) is 0 Å². The number of methoxy groups -OCH3 is 1. The molecule has 4 rings (SSSR count). The second kappa shape index (κ2) is 9.52. The molecule has 0 radical (unpaired) electrons. The van der Waals surface area contributed by atoms with Crippen molar-refractivity contribution < 1.29 is 24.2 Å². The first-order valence-corrected chi connectivity index (χ1v) is 12.0. The van der Waals surface area contributed by atoms with Gasteiger partial charge in [-0.2, -0.15) is 0 Å². The Kier molecular flexibility index (Phi) is 6.68. The third kappa shape index (κ3) is 4.06. The van der Waals surface area contributed by atoms with Crippen LogP contribution < -0.4 is 14.4 Å². The van der Waals surface area contributed by atoms with Gasteiger partial charge in [-0.25, -0.2) is 0 Å². The van der Waals surface area contributed by atoms with Crippen LogP contribution in [0.15, 0.2) is 53.4 Å². The molecule has 1 fully saturated rings. The van der Waals surface area contributed by atoms with Crippen molar-refractivity contribution >= 4 is 46.1 Å². The molecule has 1 aliphatic rings. The lowest BCUT2D eigenvalue weighted by molar-refractivity contribution is -0.132. The van der Waals surface area contributed by atoms with E-state index in [0.717, 1.165) is 16.0 Å². The number of aliphatic hydroxyl groups is 1. The van der Waals surface area contributed by atoms with Crippen LogP contribution in [0.1, 0.15) is 34.5 Å². The van der Waals surface area contributed by atoms with Gasteiger partial charge in [0.1, 0.15) is 23.3 Å². The van der Waals surface area contributed by atoms with E-state index in [2.05, 4.69) is 0 Å². The van der Waals surface area contributed by atoms with Crippen LogP contribution >= 0.6 is 22.9 Å². The van der Waals surface area contributed by atoms with Crippen molar-refractivity contribution in [3.63, 3.8) is 0 Å². The van der Waals surface area contributed by atoms with Crippen LogP contribution in [0, 0.1) is 13.8 Å². The van der Waals surface area contributed by atoms with Crippen molar-refractivity contribution in [2.45, 2.75) is 26.8 Å². The van der Waals surface area contributed by atoms with E-state index in [9.17, 15) is 14.7 Å². The highest BCUT2D eigenvalue weighted by atomic mass is 35.5. The minimum absolute atomic E-state index is 0.0334. The fraction of sp³-hybridized carbons (Fsp3) is 0.231. The molecule has 1 unspecified atom stereocenters. The second-order valence-corrected chi connectivity index (χ2v) is 9.22. The van der Waals surface area contributed by atoms with E-state index in [1.54, 1.807) is 36.4 Å². The minimum Gasteiger partial charge on any atom is -0.507 e. The van der Waals surface area contributed by atoms with Gasteiger partial charge in [-0.3, -0.25) is 14.5 Å². The molecule has 3 aromatic rings. The number of anilines is 1. The summed E-state index contributed by atoms with van der Waals surface area (Å²) < 4.78 is 10.8. The highest BCUT2D eigenvalue weighted by molar-refractivity contribution is 7.10. The largest absolute Gasteiger partial charge is 0.507 e. The first-order chi connectivity index (χ1) is 16.3. The fourth-order valence-electron chi connectivity index (χ4n) is 4.09. The van der Waals surface area contributed by atoms with Crippen LogP contribution in [0.4, 0.5) is 5.69 Å². The highest BCUT2D eigenvalue weighted by Crippen LogP contribution is 2.46. The quantitative estimate of drug-likeness (QED) is 0.255. The number of carbonyl (C=O) groups excluding carboxylic acids is 2. The second-order valence-electron chi connectivity index (χ2n) is 7.87. The number of ether oxygens (including phenoxy) is 2. The van der Waals surface area contributed by atoms with E-state index < -0.39 is 17.7 Å². The molecule has 8 heteroatoms. The molecule has 6 nitrogen and oxygen atoms in total. The molecule has 0 saturated carbocycles. The summed E-state index contributed by atoms with van der Waals surface area (Å²) >= 11 is 7.75. The Morgan fingerprint density at radius 3 is 2.41 bits per heavy atom. The number of nitrogens with zero attached hydrogens (tertiary/aromatic N) is 1. The molecule has 1 N–H and O–H groups in total. The molecule has 176 valence electrons. The molecular weight excluding hydrogens is 474 g/mol. The fourth-order valence-corrected chi connectivity index (χ4v) is 5.36. The highest BCUT2D eigenvalue weighted by Gasteiger charge is 2.48. The Morgan fingerprint density at radius 2 is 1.82 bits per heavy atom. The number of amides is 1. The Bertz CT molecular complexity index is 1310. The van der Waals surface area contributed by atoms with E-state index in [0.29, 0.717) is 34.4 Å². The van der Waals surface area contributed by atoms with Gasteiger partial charge in [0.25, 0.3) is 11.7 Å². The molecule has 1 aromatic heterocycles. The number of aliphatic hydroxyl groups excluding tert-OH is 1. The average Bonchev–Trinajstić information content (AvgIpc) is 3.35. The van der Waals surface area contributed by atoms with Gasteiger partial charge in [-0.1, -0.05) is 11.6 Å². The summed E-state index contributed by atoms with van der Waals surface area (Å²) in [6, 6.07) is 11.2. The Balaban J connectivity index is 1.91. The zero-order valence-electron chi connectivity index (χ0n) is 19.2. The molecule has 34 heavy (non-hydrogen) atoms. The summed E-state index contributed by atoms with van der Waals surface area (Å²) in [6.45, 7) is 6.18. The van der Waals surface area contributed by atoms with Crippen molar-refractivity contribution in [1.82, 2.24) is 0 Å². The zero-order valence-corrected chi connectivity index (χ0v) is 20.8. The number of thiophene rings is 1. The SMILES string of the molecule is CCOc1ccc(/C(O)=C2/C(=O)C(=O)N(c3ccc(OC)c(Cl)c3)C2c2sccc2C)cc1C. The summed E-state index contributed by atoms with van der Waals surface area (Å²) in [6.07, 6.45) is 0. The third-order valence-electron chi connectivity index (χ3n) is 5.76. The lowest BCUT2D eigenvalue weighted by Gasteiger charge is -2.25. The number of halogens is 1. The number of ketones is 1. The molecule has 1 atom stereocenters. The van der Waals surface area contributed by atoms with Gasteiger partial charge < -0.3 is 14.6 Å². The third-order valence-corrected chi connectivity index (χ3v) is 7.12. The maximum absolute atomic E-state index is 13.3. The van der Waals surface area contributed by atoms with Crippen LogP contribution in [-0.4, -0.2) is 30.5 Å². The van der Waals surface area contributed by atoms with E-state index in [-0.39, 0.29) is 11.3 Å². The first kappa shape index (κ1) is 23.9. The molecule has 1 amide bonds. The summed E-state index contributed by atoms with van der Waals surface area (Å²) in [5, 5.41) is 13.5. The van der Waals surface area contributed by atoms with E-state index in [1.807, 2.05) is 32.2 Å². The van der Waals surface area contributed by atoms with Gasteiger partial charge in [0.05, 0.1) is 24.3 Å². The van der Waals surface area contributed by atoms with Crippen molar-refractivity contribution in [3.8, 4) is 11.5 Å². The lowest BCUT2D eigenvalue weighted by atomic mass is 9.97. The molecule has 0 spiro atoms. The van der Waals surface area contributed by atoms with Crippen molar-refractivity contribution in [2.24, 2.45) is 0 Å². The van der Waals surface area contributed by atoms with Crippen LogP contribution in [-0.2, 0) is 9.59 Å². The number of carbonyl (C=O) groups is 2. The Hall–Kier alpha value is -3.29. The van der Waals surface area contributed by atoms with Gasteiger partial charge in [-0.15, -0.1) is 11.3 Å². The van der Waals surface area contributed by atoms with Crippen molar-refractivity contribution in [3.05, 3.63) is 80.0 Å². The summed E-state index contributed by atoms with van der Waals surface area (Å²) in [4.78, 5) is 28.8. The smallest absolute Gasteiger partial charge is 0.300 e. The Morgan fingerprint density at radius 1 is 1.09 bits per heavy atom. The molecule has 1 aliphatic heterocycles. The molecule has 0 aliphatic carbocycles. The van der Waals surface area contributed by atoms with E-state index >= 15 is 0 Å². The van der Waals surface area contributed by atoms with Gasteiger partial charge in [0.15, 0.2) is 0 Å². The maximum Gasteiger partial charge on any atom is 0.300 e.